The van der Waals surface area contributed by atoms with Crippen LogP contribution >= 0.6 is 0 Å². The minimum Gasteiger partial charge on any atom is -0.507 e. The molecule has 0 unspecified atom stereocenters. The molecule has 4 aliphatic rings. The number of aliphatic carboxylic acids is 1. The smallest absolute Gasteiger partial charge is 0.330 e. The highest BCUT2D eigenvalue weighted by molar-refractivity contribution is 5.98. The van der Waals surface area contributed by atoms with E-state index in [-0.39, 0.29) is 35.1 Å². The molecule has 11 heteroatoms. The van der Waals surface area contributed by atoms with Crippen molar-refractivity contribution in [1.29, 1.82) is 0 Å². The molecule has 0 atom stereocenters. The summed E-state index contributed by atoms with van der Waals surface area (Å²) in [6.07, 6.45) is 5.23. The lowest BCUT2D eigenvalue weighted by atomic mass is 9.48. The molecule has 4 fully saturated rings. The van der Waals surface area contributed by atoms with Gasteiger partial charge in [-0.25, -0.2) is 9.48 Å². The van der Waals surface area contributed by atoms with Crippen molar-refractivity contribution in [1.82, 2.24) is 24.9 Å². The Hall–Kier alpha value is -4.38. The van der Waals surface area contributed by atoms with Crippen molar-refractivity contribution in [3.8, 4) is 28.4 Å². The number of carboxylic acids is 1. The maximum atomic E-state index is 14.2. The largest absolute Gasteiger partial charge is 0.507 e. The summed E-state index contributed by atoms with van der Waals surface area (Å²) < 4.78 is 7.24. The molecule has 262 valence electrons. The Morgan fingerprint density at radius 3 is 2.27 bits per heavy atom. The zero-order chi connectivity index (χ0) is 35.2. The minimum atomic E-state index is -1.34. The summed E-state index contributed by atoms with van der Waals surface area (Å²) in [4.78, 5) is 44.5. The zero-order valence-corrected chi connectivity index (χ0v) is 29.4. The second-order valence-electron chi connectivity index (χ2n) is 14.9. The number of hydrogen-bond acceptors (Lipinski definition) is 7. The first kappa shape index (κ1) is 34.5. The average Bonchev–Trinajstić information content (AvgIpc) is 3.49. The van der Waals surface area contributed by atoms with Gasteiger partial charge in [0.05, 0.1) is 24.1 Å². The van der Waals surface area contributed by atoms with Crippen LogP contribution in [0.1, 0.15) is 84.7 Å². The molecule has 7 rings (SSSR count). The van der Waals surface area contributed by atoms with Gasteiger partial charge in [0.15, 0.2) is 5.69 Å². The summed E-state index contributed by atoms with van der Waals surface area (Å²) >= 11 is 0. The van der Waals surface area contributed by atoms with Gasteiger partial charge in [0.25, 0.3) is 11.8 Å². The van der Waals surface area contributed by atoms with Crippen molar-refractivity contribution in [3.63, 3.8) is 0 Å². The maximum absolute atomic E-state index is 14.2. The SMILES string of the molecule is COc1cccc(O)c1-c1cc(C(=O)NC2(C(=O)O)C3CC4CC(C3)CC2C4)nn1-c1ccc(C(=O)N(C)CCCN(C)C)cc1C(C)C. The molecule has 0 aliphatic heterocycles. The number of phenols is 1. The first-order valence-electron chi connectivity index (χ1n) is 17.4. The van der Waals surface area contributed by atoms with Crippen molar-refractivity contribution < 1.29 is 29.3 Å². The fourth-order valence-electron chi connectivity index (χ4n) is 8.88. The summed E-state index contributed by atoms with van der Waals surface area (Å²) in [5.74, 6) is -0.557. The van der Waals surface area contributed by atoms with Gasteiger partial charge in [0, 0.05) is 19.2 Å². The van der Waals surface area contributed by atoms with Crippen LogP contribution in [0, 0.1) is 23.7 Å². The molecule has 0 radical (unpaired) electrons. The lowest BCUT2D eigenvalue weighted by Gasteiger charge is -2.59. The molecule has 3 N–H and O–H groups in total. The lowest BCUT2D eigenvalue weighted by Crippen LogP contribution is -2.70. The van der Waals surface area contributed by atoms with Crippen LogP contribution in [-0.4, -0.2) is 94.5 Å². The van der Waals surface area contributed by atoms with Gasteiger partial charge in [-0.1, -0.05) is 19.9 Å². The number of aromatic nitrogens is 2. The zero-order valence-electron chi connectivity index (χ0n) is 29.4. The molecule has 3 aromatic rings. The van der Waals surface area contributed by atoms with Crippen molar-refractivity contribution in [3.05, 3.63) is 59.3 Å². The number of carbonyl (C=O) groups is 3. The van der Waals surface area contributed by atoms with E-state index in [2.05, 4.69) is 10.2 Å². The van der Waals surface area contributed by atoms with Crippen molar-refractivity contribution in [2.45, 2.75) is 63.8 Å². The van der Waals surface area contributed by atoms with Crippen LogP contribution < -0.4 is 10.1 Å². The van der Waals surface area contributed by atoms with E-state index in [0.29, 0.717) is 46.6 Å². The van der Waals surface area contributed by atoms with Crippen LogP contribution in [0.25, 0.3) is 16.9 Å². The molecule has 1 heterocycles. The number of amides is 2. The van der Waals surface area contributed by atoms with Crippen molar-refractivity contribution in [2.24, 2.45) is 23.7 Å². The highest BCUT2D eigenvalue weighted by atomic mass is 16.5. The van der Waals surface area contributed by atoms with E-state index in [1.54, 1.807) is 47.0 Å². The molecule has 4 bridgehead atoms. The first-order chi connectivity index (χ1) is 23.3. The van der Waals surface area contributed by atoms with Gasteiger partial charge in [-0.3, -0.25) is 9.59 Å². The predicted molar refractivity (Wildman–Crippen MR) is 186 cm³/mol. The number of hydrogen-bond donors (Lipinski definition) is 3. The third-order valence-electron chi connectivity index (χ3n) is 11.1. The molecular formula is C38H49N5O6. The number of methoxy groups -OCH3 is 1. The van der Waals surface area contributed by atoms with Gasteiger partial charge in [-0.2, -0.15) is 5.10 Å². The minimum absolute atomic E-state index is 0.0326. The van der Waals surface area contributed by atoms with Gasteiger partial charge in [-0.05, 0) is 131 Å². The molecule has 2 aromatic carbocycles. The number of ether oxygens (including phenoxy) is 1. The van der Waals surface area contributed by atoms with E-state index in [1.807, 2.05) is 40.1 Å². The number of nitrogens with zero attached hydrogens (tertiary/aromatic N) is 4. The summed E-state index contributed by atoms with van der Waals surface area (Å²) in [6, 6.07) is 12.0. The van der Waals surface area contributed by atoms with Crippen LogP contribution in [-0.2, 0) is 4.79 Å². The van der Waals surface area contributed by atoms with E-state index in [4.69, 9.17) is 9.84 Å². The Morgan fingerprint density at radius 1 is 1.00 bits per heavy atom. The third kappa shape index (κ3) is 6.29. The highest BCUT2D eigenvalue weighted by Gasteiger charge is 2.62. The topological polar surface area (TPSA) is 137 Å². The Bertz CT molecular complexity index is 1720. The Labute approximate surface area is 288 Å². The van der Waals surface area contributed by atoms with E-state index in [9.17, 15) is 24.6 Å². The van der Waals surface area contributed by atoms with Crippen LogP contribution in [0.4, 0.5) is 0 Å². The number of rotatable bonds is 12. The number of aromatic hydroxyl groups is 1. The second-order valence-corrected chi connectivity index (χ2v) is 14.9. The van der Waals surface area contributed by atoms with Gasteiger partial charge < -0.3 is 30.1 Å². The van der Waals surface area contributed by atoms with Crippen molar-refractivity contribution >= 4 is 17.8 Å². The van der Waals surface area contributed by atoms with Gasteiger partial charge in [0.1, 0.15) is 17.0 Å². The summed E-state index contributed by atoms with van der Waals surface area (Å²) in [5.41, 5.74) is 1.42. The van der Waals surface area contributed by atoms with Gasteiger partial charge in [-0.15, -0.1) is 0 Å². The highest BCUT2D eigenvalue weighted by Crippen LogP contribution is 2.58. The fraction of sp³-hybridized carbons (Fsp3) is 0.526. The van der Waals surface area contributed by atoms with E-state index < -0.39 is 17.4 Å². The maximum Gasteiger partial charge on any atom is 0.330 e. The predicted octanol–water partition coefficient (Wildman–Crippen LogP) is 5.41. The molecule has 1 aromatic heterocycles. The lowest BCUT2D eigenvalue weighted by molar-refractivity contribution is -0.163. The Kier molecular flexibility index (Phi) is 9.50. The van der Waals surface area contributed by atoms with Crippen LogP contribution in [0.2, 0.25) is 0 Å². The number of carbonyl (C=O) groups excluding carboxylic acids is 2. The van der Waals surface area contributed by atoms with Gasteiger partial charge >= 0.3 is 5.97 Å². The summed E-state index contributed by atoms with van der Waals surface area (Å²) in [6.45, 7) is 5.53. The van der Waals surface area contributed by atoms with Crippen molar-refractivity contribution in [2.75, 3.05) is 41.3 Å². The molecule has 4 saturated carbocycles. The summed E-state index contributed by atoms with van der Waals surface area (Å²) in [5, 5.41) is 29.6. The molecule has 2 amide bonds. The molecular weight excluding hydrogens is 622 g/mol. The standard InChI is InChI=1S/C38H49N5O6/c1-22(2)28-20-25(36(46)42(5)14-8-13-41(3)4)11-12-30(28)43-31(34-32(44)9-7-10-33(34)49-6)21-29(40-43)35(45)39-38(37(47)48)26-16-23-15-24(18-26)19-27(38)17-23/h7,9-12,20-24,26-27,44H,8,13-19H2,1-6H3,(H,39,45)(H,47,48). The second kappa shape index (κ2) is 13.5. The molecule has 0 saturated heterocycles. The van der Waals surface area contributed by atoms with E-state index >= 15 is 0 Å². The number of phenolic OH excluding ortho intramolecular Hbond substituents is 1. The monoisotopic (exact) mass is 671 g/mol. The Balaban J connectivity index is 1.41. The normalized spacial score (nSPS) is 24.0. The van der Waals surface area contributed by atoms with Crippen LogP contribution in [0.15, 0.2) is 42.5 Å². The number of nitrogens with one attached hydrogen (secondary N) is 1. The van der Waals surface area contributed by atoms with E-state index in [1.165, 1.54) is 7.11 Å². The van der Waals surface area contributed by atoms with Gasteiger partial charge in [0.2, 0.25) is 0 Å². The quantitative estimate of drug-likeness (QED) is 0.233. The first-order valence-corrected chi connectivity index (χ1v) is 17.4. The molecule has 4 aliphatic carbocycles. The fourth-order valence-corrected chi connectivity index (χ4v) is 8.88. The van der Waals surface area contributed by atoms with E-state index in [0.717, 1.165) is 50.6 Å². The summed E-state index contributed by atoms with van der Waals surface area (Å²) in [7, 11) is 7.32. The average molecular weight is 672 g/mol. The Morgan fingerprint density at radius 2 is 1.67 bits per heavy atom. The third-order valence-corrected chi connectivity index (χ3v) is 11.1. The number of carboxylic acid groups (broad SMARTS) is 1. The molecule has 11 nitrogen and oxygen atoms in total. The van der Waals surface area contributed by atoms with Crippen LogP contribution in [0.5, 0.6) is 11.5 Å². The number of benzene rings is 2. The molecule has 0 spiro atoms. The molecule has 49 heavy (non-hydrogen) atoms. The van der Waals surface area contributed by atoms with Crippen LogP contribution in [0.3, 0.4) is 0 Å².